The zero-order valence-corrected chi connectivity index (χ0v) is 11.4. The Morgan fingerprint density at radius 2 is 2.00 bits per heavy atom. The van der Waals surface area contributed by atoms with Crippen LogP contribution in [0.4, 0.5) is 0 Å². The van der Waals surface area contributed by atoms with Gasteiger partial charge in [0.25, 0.3) is 0 Å². The molecule has 94 valence electrons. The summed E-state index contributed by atoms with van der Waals surface area (Å²) in [6.07, 6.45) is 0. The Hall–Kier alpha value is -1.36. The molecule has 2 rings (SSSR count). The Balaban J connectivity index is 2.29. The third kappa shape index (κ3) is 3.10. The molecule has 0 radical (unpaired) electrons. The summed E-state index contributed by atoms with van der Waals surface area (Å²) >= 11 is 3.41. The minimum atomic E-state index is -0.000565. The van der Waals surface area contributed by atoms with E-state index in [4.69, 9.17) is 15.6 Å². The monoisotopic (exact) mass is 307 g/mol. The van der Waals surface area contributed by atoms with Crippen LogP contribution in [0.25, 0.3) is 0 Å². The molecule has 18 heavy (non-hydrogen) atoms. The van der Waals surface area contributed by atoms with Crippen molar-refractivity contribution in [1.82, 2.24) is 0 Å². The highest BCUT2D eigenvalue weighted by Gasteiger charge is 2.05. The van der Waals surface area contributed by atoms with Gasteiger partial charge in [0.2, 0.25) is 0 Å². The molecule has 0 unspecified atom stereocenters. The molecular weight excluding hydrogens is 294 g/mol. The second-order valence-corrected chi connectivity index (χ2v) is 4.78. The van der Waals surface area contributed by atoms with Crippen molar-refractivity contribution in [3.8, 4) is 11.5 Å². The topological polar surface area (TPSA) is 55.5 Å². The lowest BCUT2D eigenvalue weighted by molar-refractivity contribution is 0.281. The molecule has 3 nitrogen and oxygen atoms in total. The fourth-order valence-electron chi connectivity index (χ4n) is 1.63. The zero-order chi connectivity index (χ0) is 13.0. The van der Waals surface area contributed by atoms with Crippen LogP contribution in [0.3, 0.4) is 0 Å². The van der Waals surface area contributed by atoms with E-state index in [1.165, 1.54) is 0 Å². The van der Waals surface area contributed by atoms with Crippen LogP contribution >= 0.6 is 15.9 Å². The Kier molecular flexibility index (Phi) is 4.36. The van der Waals surface area contributed by atoms with E-state index in [0.717, 1.165) is 21.3 Å². The van der Waals surface area contributed by atoms with Gasteiger partial charge < -0.3 is 15.6 Å². The lowest BCUT2D eigenvalue weighted by Gasteiger charge is -2.11. The molecule has 0 heterocycles. The molecule has 4 heteroatoms. The largest absolute Gasteiger partial charge is 0.457 e. The molecule has 0 spiro atoms. The normalized spacial score (nSPS) is 10.4. The molecule has 0 atom stereocenters. The van der Waals surface area contributed by atoms with Crippen molar-refractivity contribution < 1.29 is 9.84 Å². The van der Waals surface area contributed by atoms with E-state index in [9.17, 15) is 0 Å². The van der Waals surface area contributed by atoms with Gasteiger partial charge in [0.05, 0.1) is 6.61 Å². The van der Waals surface area contributed by atoms with E-state index in [0.29, 0.717) is 12.3 Å². The van der Waals surface area contributed by atoms with Gasteiger partial charge in [0, 0.05) is 16.6 Å². The molecule has 0 amide bonds. The van der Waals surface area contributed by atoms with Crippen LogP contribution in [-0.2, 0) is 13.2 Å². The molecule has 0 saturated heterocycles. The second-order valence-electron chi connectivity index (χ2n) is 3.86. The number of hydrogen-bond acceptors (Lipinski definition) is 3. The molecular formula is C14H14BrNO2. The first-order valence-corrected chi connectivity index (χ1v) is 6.38. The van der Waals surface area contributed by atoms with Crippen LogP contribution < -0.4 is 10.5 Å². The maximum atomic E-state index is 9.09. The second kappa shape index (κ2) is 6.00. The van der Waals surface area contributed by atoms with Crippen molar-refractivity contribution in [3.63, 3.8) is 0 Å². The molecule has 0 aromatic heterocycles. The molecule has 0 bridgehead atoms. The van der Waals surface area contributed by atoms with Crippen LogP contribution in [0, 0.1) is 0 Å². The number of hydrogen-bond donors (Lipinski definition) is 2. The van der Waals surface area contributed by atoms with Gasteiger partial charge in [-0.15, -0.1) is 0 Å². The third-order valence-corrected chi connectivity index (χ3v) is 3.05. The van der Waals surface area contributed by atoms with Crippen LogP contribution in [0.1, 0.15) is 11.1 Å². The van der Waals surface area contributed by atoms with E-state index < -0.39 is 0 Å². The van der Waals surface area contributed by atoms with Gasteiger partial charge in [-0.25, -0.2) is 0 Å². The predicted octanol–water partition coefficient (Wildman–Crippen LogP) is 3.19. The van der Waals surface area contributed by atoms with E-state index in [-0.39, 0.29) is 6.61 Å². The van der Waals surface area contributed by atoms with Gasteiger partial charge in [-0.3, -0.25) is 0 Å². The number of aliphatic hydroxyl groups is 1. The van der Waals surface area contributed by atoms with Crippen LogP contribution in [0.5, 0.6) is 11.5 Å². The van der Waals surface area contributed by atoms with Crippen LogP contribution in [-0.4, -0.2) is 5.11 Å². The summed E-state index contributed by atoms with van der Waals surface area (Å²) in [4.78, 5) is 0. The van der Waals surface area contributed by atoms with Gasteiger partial charge in [-0.2, -0.15) is 0 Å². The molecule has 3 N–H and O–H groups in total. The van der Waals surface area contributed by atoms with Gasteiger partial charge in [0.15, 0.2) is 0 Å². The molecule has 0 fully saturated rings. The van der Waals surface area contributed by atoms with Crippen molar-refractivity contribution in [2.45, 2.75) is 13.2 Å². The average Bonchev–Trinajstić information content (AvgIpc) is 2.39. The summed E-state index contributed by atoms with van der Waals surface area (Å²) < 4.78 is 6.74. The highest BCUT2D eigenvalue weighted by molar-refractivity contribution is 9.10. The number of halogens is 1. The van der Waals surface area contributed by atoms with E-state index in [1.807, 2.05) is 36.4 Å². The van der Waals surface area contributed by atoms with Gasteiger partial charge in [-0.1, -0.05) is 34.1 Å². The fourth-order valence-corrected chi connectivity index (χ4v) is 1.97. The minimum Gasteiger partial charge on any atom is -0.457 e. The highest BCUT2D eigenvalue weighted by Crippen LogP contribution is 2.28. The Morgan fingerprint density at radius 3 is 2.72 bits per heavy atom. The molecule has 0 saturated carbocycles. The summed E-state index contributed by atoms with van der Waals surface area (Å²) in [5.74, 6) is 1.41. The highest BCUT2D eigenvalue weighted by atomic mass is 79.9. The third-order valence-electron chi connectivity index (χ3n) is 2.56. The predicted molar refractivity (Wildman–Crippen MR) is 74.5 cm³/mol. The quantitative estimate of drug-likeness (QED) is 0.912. The number of ether oxygens (including phenoxy) is 1. The smallest absolute Gasteiger partial charge is 0.133 e. The van der Waals surface area contributed by atoms with E-state index >= 15 is 0 Å². The van der Waals surface area contributed by atoms with Crippen LogP contribution in [0.15, 0.2) is 46.9 Å². The van der Waals surface area contributed by atoms with Crippen molar-refractivity contribution in [3.05, 3.63) is 58.1 Å². The summed E-state index contributed by atoms with van der Waals surface area (Å²) in [7, 11) is 0. The van der Waals surface area contributed by atoms with E-state index in [1.54, 1.807) is 6.07 Å². The Labute approximate surface area is 114 Å². The zero-order valence-electron chi connectivity index (χ0n) is 9.77. The maximum Gasteiger partial charge on any atom is 0.133 e. The lowest BCUT2D eigenvalue weighted by Crippen LogP contribution is -1.99. The first-order valence-electron chi connectivity index (χ1n) is 5.59. The summed E-state index contributed by atoms with van der Waals surface area (Å²) in [5.41, 5.74) is 7.43. The maximum absolute atomic E-state index is 9.09. The van der Waals surface area contributed by atoms with Gasteiger partial charge in [0.1, 0.15) is 11.5 Å². The molecule has 0 aliphatic rings. The van der Waals surface area contributed by atoms with Crippen molar-refractivity contribution in [1.29, 1.82) is 0 Å². The number of nitrogens with two attached hydrogens (primary N) is 1. The summed E-state index contributed by atoms with van der Waals surface area (Å²) in [6, 6.07) is 13.1. The number of aliphatic hydroxyl groups excluding tert-OH is 1. The molecule has 2 aromatic rings. The van der Waals surface area contributed by atoms with Crippen molar-refractivity contribution in [2.24, 2.45) is 5.73 Å². The van der Waals surface area contributed by atoms with E-state index in [2.05, 4.69) is 15.9 Å². The SMILES string of the molecule is NCc1ccc(Br)cc1Oc1cccc(CO)c1. The minimum absolute atomic E-state index is 0.000565. The average molecular weight is 308 g/mol. The Morgan fingerprint density at radius 1 is 1.17 bits per heavy atom. The standard InChI is InChI=1S/C14H14BrNO2/c15-12-5-4-11(8-16)14(7-12)18-13-3-1-2-10(6-13)9-17/h1-7,17H,8-9,16H2. The summed E-state index contributed by atoms with van der Waals surface area (Å²) in [5, 5.41) is 9.09. The van der Waals surface area contributed by atoms with Gasteiger partial charge >= 0.3 is 0 Å². The molecule has 2 aromatic carbocycles. The van der Waals surface area contributed by atoms with Crippen molar-refractivity contribution >= 4 is 15.9 Å². The Bertz CT molecular complexity index is 543. The van der Waals surface area contributed by atoms with Crippen LogP contribution in [0.2, 0.25) is 0 Å². The fraction of sp³-hybridized carbons (Fsp3) is 0.143. The number of rotatable bonds is 4. The molecule has 0 aliphatic carbocycles. The van der Waals surface area contributed by atoms with Crippen molar-refractivity contribution in [2.75, 3.05) is 0 Å². The number of benzene rings is 2. The first-order chi connectivity index (χ1) is 8.72. The molecule has 0 aliphatic heterocycles. The summed E-state index contributed by atoms with van der Waals surface area (Å²) in [6.45, 7) is 0.418. The van der Waals surface area contributed by atoms with Gasteiger partial charge in [-0.05, 0) is 29.8 Å². The first kappa shape index (κ1) is 13.1. The lowest BCUT2D eigenvalue weighted by atomic mass is 10.2.